The molecule has 0 bridgehead atoms. The average Bonchev–Trinajstić information content (AvgIpc) is 1.10. The number of nitrogens with zero attached hydrogens (tertiary/aromatic N) is 24. The van der Waals surface area contributed by atoms with Crippen LogP contribution in [0.15, 0.2) is 238 Å². The molecule has 9 aromatic heterocycles. The zero-order chi connectivity index (χ0) is 102. The van der Waals surface area contributed by atoms with Gasteiger partial charge in [0, 0.05) is 270 Å². The van der Waals surface area contributed by atoms with E-state index < -0.39 is 0 Å². The Labute approximate surface area is 852 Å². The summed E-state index contributed by atoms with van der Waals surface area (Å²) < 4.78 is 51.6. The fourth-order valence-corrected chi connectivity index (χ4v) is 19.2. The number of Topliss-reactive ketones (excluding diaryl/α,β-unsaturated/α-hetero) is 1. The number of hydrogen-bond acceptors (Lipinski definition) is 29. The third-order valence-corrected chi connectivity index (χ3v) is 27.2. The average molecular weight is 1970 g/mol. The van der Waals surface area contributed by atoms with Crippen molar-refractivity contribution in [3.8, 4) is 91.0 Å². The van der Waals surface area contributed by atoms with Crippen LogP contribution in [-0.2, 0) is 39.5 Å². The molecule has 146 heavy (non-hydrogen) atoms. The smallest absolute Gasteiger partial charge is 0.146 e. The maximum absolute atomic E-state index is 12.0. The van der Waals surface area contributed by atoms with E-state index in [2.05, 4.69) is 167 Å². The molecule has 33 nitrogen and oxygen atoms in total. The molecule has 0 unspecified atom stereocenters. The van der Waals surface area contributed by atoms with E-state index in [0.29, 0.717) is 66.9 Å². The van der Waals surface area contributed by atoms with Crippen LogP contribution >= 0.6 is 0 Å². The van der Waals surface area contributed by atoms with Crippen molar-refractivity contribution in [1.82, 2.24) is 98.7 Å². The van der Waals surface area contributed by atoms with E-state index in [9.17, 15) is 4.79 Å². The van der Waals surface area contributed by atoms with Crippen molar-refractivity contribution in [3.05, 3.63) is 250 Å². The number of hydrogen-bond donors (Lipinski definition) is 0. The molecule has 17 aromatic rings. The van der Waals surface area contributed by atoms with Crippen LogP contribution in [0.25, 0.3) is 89.2 Å². The number of methoxy groups -OCH3 is 8. The summed E-state index contributed by atoms with van der Waals surface area (Å²) in [6.07, 6.45) is 34.5. The van der Waals surface area contributed by atoms with Gasteiger partial charge in [-0.25, -0.2) is 19.9 Å². The lowest BCUT2D eigenvalue weighted by Crippen LogP contribution is -2.40. The minimum absolute atomic E-state index is 0.305. The Kier molecular flexibility index (Phi) is 33.2. The molecular formula is C113H130N24O9. The third-order valence-electron chi connectivity index (χ3n) is 27.2. The quantitative estimate of drug-likeness (QED) is 0.0362. The van der Waals surface area contributed by atoms with E-state index in [-0.39, 0.29) is 0 Å². The van der Waals surface area contributed by atoms with E-state index in [4.69, 9.17) is 57.8 Å². The normalized spacial score (nSPS) is 14.5. The van der Waals surface area contributed by atoms with E-state index in [1.54, 1.807) is 100 Å². The van der Waals surface area contributed by atoms with Crippen LogP contribution in [0.5, 0.6) is 46.0 Å². The Bertz CT molecular complexity index is 7210. The summed E-state index contributed by atoms with van der Waals surface area (Å²) in [5, 5.41) is 17.1. The fraction of sp³-hybridized carbons (Fsp3) is 0.345. The van der Waals surface area contributed by atoms with Crippen molar-refractivity contribution in [2.45, 2.75) is 104 Å². The number of piperidine rings is 2. The van der Waals surface area contributed by atoms with Gasteiger partial charge in [-0.2, -0.15) is 20.4 Å². The van der Waals surface area contributed by atoms with E-state index >= 15 is 0 Å². The van der Waals surface area contributed by atoms with E-state index in [1.807, 2.05) is 182 Å². The van der Waals surface area contributed by atoms with Crippen molar-refractivity contribution < 1.29 is 42.7 Å². The molecule has 756 valence electrons. The Balaban J connectivity index is 0.000000133. The maximum Gasteiger partial charge on any atom is 0.146 e. The molecule has 0 N–H and O–H groups in total. The monoisotopic (exact) mass is 1970 g/mol. The topological polar surface area (TPSA) is 301 Å². The summed E-state index contributed by atoms with van der Waals surface area (Å²) >= 11 is 0. The molecule has 2 atom stereocenters. The lowest BCUT2D eigenvalue weighted by Gasteiger charge is -2.34. The first-order valence-corrected chi connectivity index (χ1v) is 49.7. The second-order valence-corrected chi connectivity index (χ2v) is 37.3. The molecule has 3 saturated heterocycles. The Hall–Kier alpha value is -15.7. The summed E-state index contributed by atoms with van der Waals surface area (Å²) in [5.41, 5.74) is 23.6. The van der Waals surface area contributed by atoms with Crippen LogP contribution in [0.1, 0.15) is 89.8 Å². The van der Waals surface area contributed by atoms with Crippen LogP contribution in [0, 0.1) is 12.8 Å². The molecule has 0 aliphatic carbocycles. The van der Waals surface area contributed by atoms with Gasteiger partial charge in [0.05, 0.1) is 180 Å². The number of anilines is 8. The number of fused-ring (bicyclic) bond motifs is 4. The lowest BCUT2D eigenvalue weighted by molar-refractivity contribution is -0.122. The van der Waals surface area contributed by atoms with Gasteiger partial charge in [0.15, 0.2) is 0 Å². The molecule has 8 aromatic carbocycles. The first kappa shape index (κ1) is 102. The zero-order valence-corrected chi connectivity index (χ0v) is 86.3. The summed E-state index contributed by atoms with van der Waals surface area (Å²) in [7, 11) is 20.9. The van der Waals surface area contributed by atoms with Crippen molar-refractivity contribution in [3.63, 3.8) is 0 Å². The number of pyridine rings is 1. The number of ketones is 1. The van der Waals surface area contributed by atoms with Gasteiger partial charge in [-0.1, -0.05) is 25.8 Å². The summed E-state index contributed by atoms with van der Waals surface area (Å²) in [6.45, 7) is 18.5. The molecule has 3 aliphatic rings. The van der Waals surface area contributed by atoms with E-state index in [0.717, 1.165) is 240 Å². The Morgan fingerprint density at radius 1 is 0.342 bits per heavy atom. The minimum Gasteiger partial charge on any atom is -0.497 e. The third kappa shape index (κ3) is 25.3. The van der Waals surface area contributed by atoms with Crippen molar-refractivity contribution >= 4 is 95.4 Å². The van der Waals surface area contributed by atoms with Gasteiger partial charge in [-0.05, 0) is 169 Å². The van der Waals surface area contributed by atoms with Gasteiger partial charge in [0.1, 0.15) is 51.8 Å². The van der Waals surface area contributed by atoms with Crippen molar-refractivity contribution in [2.24, 2.45) is 34.1 Å². The van der Waals surface area contributed by atoms with Crippen molar-refractivity contribution in [1.29, 1.82) is 0 Å². The van der Waals surface area contributed by atoms with Crippen LogP contribution in [0.2, 0.25) is 0 Å². The number of aryl methyl sites for hydroxylation is 5. The molecule has 0 radical (unpaired) electrons. The highest BCUT2D eigenvalue weighted by Crippen LogP contribution is 2.42. The number of rotatable bonds is 34. The van der Waals surface area contributed by atoms with Crippen LogP contribution in [0.4, 0.5) is 45.5 Å². The van der Waals surface area contributed by atoms with Gasteiger partial charge in [0.25, 0.3) is 0 Å². The highest BCUT2D eigenvalue weighted by Gasteiger charge is 2.29. The SMILES string of the molecule is CCCC1CCN(CCN(c2cc(OC)cc(OC)c2)c2ccc3ncc(-c4cnn(C)c4)nc3c2)CC1.COc1cc(OC)cc(N(CCCN2[C@H](C)CC[C@@H]2C)c2ccc3ncc(-c4cnn(C)c4)nc3c2)c1.COc1cc(OC)cc(N(CCN2CCCC(=O)C2)c2ccc3ncc(-c4cnn(C)c4)nc3c2)c1.COc1cc(OC)cc(N(Cc2ccc(C)nc2)c2ccc3ncc(-c4cnn(C)c4)nc3c2)c1. The molecule has 0 saturated carbocycles. The first-order chi connectivity index (χ1) is 71.0. The lowest BCUT2D eigenvalue weighted by atomic mass is 9.92. The molecule has 0 amide bonds. The molecule has 33 heteroatoms. The summed E-state index contributed by atoms with van der Waals surface area (Å²) in [5.74, 6) is 7.10. The highest BCUT2D eigenvalue weighted by molar-refractivity contribution is 5.88. The molecule has 3 fully saturated rings. The van der Waals surface area contributed by atoms with Gasteiger partial charge in [0.2, 0.25) is 0 Å². The van der Waals surface area contributed by atoms with Gasteiger partial charge in [-0.15, -0.1) is 0 Å². The number of carbonyl (C=O) groups excluding carboxylic acids is 1. The molecule has 12 heterocycles. The van der Waals surface area contributed by atoms with Crippen LogP contribution in [-0.4, -0.2) is 239 Å². The van der Waals surface area contributed by atoms with E-state index in [1.165, 1.54) is 38.5 Å². The second-order valence-electron chi connectivity index (χ2n) is 37.3. The van der Waals surface area contributed by atoms with Gasteiger partial charge >= 0.3 is 0 Å². The molecule has 0 spiro atoms. The highest BCUT2D eigenvalue weighted by atomic mass is 16.5. The first-order valence-electron chi connectivity index (χ1n) is 49.7. The summed E-state index contributed by atoms with van der Waals surface area (Å²) in [6, 6.07) is 53.9. The van der Waals surface area contributed by atoms with Gasteiger partial charge < -0.3 is 62.4 Å². The minimum atomic E-state index is 0.305. The van der Waals surface area contributed by atoms with Crippen molar-refractivity contribution in [2.75, 3.05) is 142 Å². The number of benzene rings is 8. The predicted molar refractivity (Wildman–Crippen MR) is 575 cm³/mol. The Morgan fingerprint density at radius 3 is 0.993 bits per heavy atom. The number of ether oxygens (including phenoxy) is 8. The molecular weight excluding hydrogens is 1840 g/mol. The number of carbonyl (C=O) groups is 1. The maximum atomic E-state index is 12.0. The zero-order valence-electron chi connectivity index (χ0n) is 86.3. The second kappa shape index (κ2) is 47.6. The fourth-order valence-electron chi connectivity index (χ4n) is 19.2. The Morgan fingerprint density at radius 2 is 0.678 bits per heavy atom. The predicted octanol–water partition coefficient (Wildman–Crippen LogP) is 20.1. The van der Waals surface area contributed by atoms with Gasteiger partial charge in [-0.3, -0.25) is 58.2 Å². The standard InChI is InChI=1S/C30H38N6O2.C29H36N6O2.C27H30N6O3.C27H26N6O2/c1-5-6-22-9-11-35(12-10-22)13-14-36(25-15-26(37-3)18-27(16-25)38-4)24-7-8-28-29(17-24)33-30(20-31-28)23-19-32-34(2)21-23;1-20-7-8-21(2)34(20)11-6-12-35(24-13-25(36-4)16-26(14-24)37-5)23-9-10-27-28(15-23)32-29(18-30-27)22-17-31-33(3)19-22;1-31-17-19(15-29-31)27-16-28-25-7-6-20(13-26(25)30-27)33(10-9-32-8-4-5-22(34)18-32)21-11-23(35-2)14-24(12-21)36-3;1-18-5-6-19(13-28-18)16-33(22-9-23(34-3)12-24(10-22)35-4)21-7-8-25-26(11-21)31-27(15-29-25)20-14-30-32(2)17-20/h7-8,15-22H,5-6,9-14H2,1-4H3;9-10,13-21H,6-8,11-12H2,1-5H3;6-7,11-17H,4-5,8-10,18H2,1-3H3;5-15,17H,16H2,1-4H3/t;20-,21+;;. The molecule has 20 rings (SSSR count). The largest absolute Gasteiger partial charge is 0.497 e. The summed E-state index contributed by atoms with van der Waals surface area (Å²) in [4.78, 5) is 71.2. The van der Waals surface area contributed by atoms with Crippen LogP contribution in [0.3, 0.4) is 0 Å². The molecule has 3 aliphatic heterocycles. The number of aromatic nitrogens is 17. The number of likely N-dealkylation sites (tertiary alicyclic amines) is 3. The van der Waals surface area contributed by atoms with Crippen LogP contribution < -0.4 is 57.5 Å².